The number of aldehydes is 1. The number of aromatic nitrogens is 2. The van der Waals surface area contributed by atoms with Gasteiger partial charge in [-0.2, -0.15) is 0 Å². The molecule has 0 aliphatic rings. The van der Waals surface area contributed by atoms with Crippen molar-refractivity contribution in [2.75, 3.05) is 5.73 Å². The van der Waals surface area contributed by atoms with Crippen LogP contribution in [-0.4, -0.2) is 15.8 Å². The fourth-order valence-electron chi connectivity index (χ4n) is 1.08. The summed E-state index contributed by atoms with van der Waals surface area (Å²) in [6, 6.07) is 0. The van der Waals surface area contributed by atoms with E-state index in [-0.39, 0.29) is 5.92 Å². The van der Waals surface area contributed by atoms with Gasteiger partial charge in [0.2, 0.25) is 0 Å². The third-order valence-corrected chi connectivity index (χ3v) is 1.85. The van der Waals surface area contributed by atoms with Gasteiger partial charge < -0.3 is 10.3 Å². The average Bonchev–Trinajstić information content (AvgIpc) is 2.30. The van der Waals surface area contributed by atoms with E-state index in [1.807, 2.05) is 13.8 Å². The molecule has 0 bridgehead atoms. The number of nitrogens with two attached hydrogens (primary N) is 1. The van der Waals surface area contributed by atoms with Crippen LogP contribution < -0.4 is 5.73 Å². The Hall–Kier alpha value is -1.32. The molecule has 0 aliphatic heterocycles. The second-order valence-corrected chi connectivity index (χ2v) is 3.07. The first-order chi connectivity index (χ1) is 5.57. The van der Waals surface area contributed by atoms with Gasteiger partial charge in [-0.05, 0) is 5.92 Å². The van der Waals surface area contributed by atoms with Crippen molar-refractivity contribution in [3.8, 4) is 0 Å². The highest BCUT2D eigenvalue weighted by Crippen LogP contribution is 2.20. The minimum Gasteiger partial charge on any atom is -0.384 e. The third-order valence-electron chi connectivity index (χ3n) is 1.85. The van der Waals surface area contributed by atoms with Crippen molar-refractivity contribution in [1.29, 1.82) is 0 Å². The zero-order chi connectivity index (χ0) is 9.30. The van der Waals surface area contributed by atoms with E-state index in [9.17, 15) is 4.79 Å². The number of carbonyl (C=O) groups is 1. The lowest BCUT2D eigenvalue weighted by Gasteiger charge is -2.01. The molecule has 4 heteroatoms. The predicted molar refractivity (Wildman–Crippen MR) is 47.1 cm³/mol. The lowest BCUT2D eigenvalue weighted by Crippen LogP contribution is -2.01. The van der Waals surface area contributed by atoms with Gasteiger partial charge in [0.1, 0.15) is 5.82 Å². The van der Waals surface area contributed by atoms with Crippen molar-refractivity contribution in [3.63, 3.8) is 0 Å². The number of hydrogen-bond acceptors (Lipinski definition) is 3. The highest BCUT2D eigenvalue weighted by molar-refractivity contribution is 5.71. The molecule has 1 heterocycles. The Morgan fingerprint density at radius 1 is 1.58 bits per heavy atom. The Bertz CT molecular complexity index is 301. The van der Waals surface area contributed by atoms with E-state index in [1.165, 1.54) is 0 Å². The second kappa shape index (κ2) is 2.97. The van der Waals surface area contributed by atoms with Crippen LogP contribution in [-0.2, 0) is 7.05 Å². The Labute approximate surface area is 71.4 Å². The van der Waals surface area contributed by atoms with Crippen LogP contribution in [0.3, 0.4) is 0 Å². The van der Waals surface area contributed by atoms with Crippen molar-refractivity contribution in [2.24, 2.45) is 7.05 Å². The number of hydrogen-bond donors (Lipinski definition) is 1. The van der Waals surface area contributed by atoms with Gasteiger partial charge in [-0.1, -0.05) is 13.8 Å². The van der Waals surface area contributed by atoms with E-state index < -0.39 is 0 Å². The van der Waals surface area contributed by atoms with Crippen LogP contribution >= 0.6 is 0 Å². The van der Waals surface area contributed by atoms with Gasteiger partial charge in [-0.15, -0.1) is 0 Å². The summed E-state index contributed by atoms with van der Waals surface area (Å²) in [6.07, 6.45) is 0.711. The Balaban J connectivity index is 3.24. The minimum atomic E-state index is 0.255. The predicted octanol–water partition coefficient (Wildman–Crippen LogP) is 0.938. The van der Waals surface area contributed by atoms with Crippen LogP contribution in [0.15, 0.2) is 0 Å². The smallest absolute Gasteiger partial charge is 0.185 e. The maximum atomic E-state index is 10.5. The first-order valence-electron chi connectivity index (χ1n) is 3.85. The van der Waals surface area contributed by atoms with E-state index in [2.05, 4.69) is 4.98 Å². The summed E-state index contributed by atoms with van der Waals surface area (Å²) in [5.41, 5.74) is 6.51. The molecule has 0 spiro atoms. The van der Waals surface area contributed by atoms with Crippen molar-refractivity contribution >= 4 is 12.1 Å². The lowest BCUT2D eigenvalue weighted by molar-refractivity contribution is 0.111. The van der Waals surface area contributed by atoms with Crippen LogP contribution in [0.25, 0.3) is 0 Å². The molecule has 0 fully saturated rings. The molecular weight excluding hydrogens is 154 g/mol. The van der Waals surface area contributed by atoms with E-state index in [0.29, 0.717) is 17.9 Å². The molecule has 4 nitrogen and oxygen atoms in total. The summed E-state index contributed by atoms with van der Waals surface area (Å²) in [4.78, 5) is 14.6. The molecule has 1 aromatic rings. The maximum Gasteiger partial charge on any atom is 0.185 e. The molecule has 2 N–H and O–H groups in total. The van der Waals surface area contributed by atoms with Gasteiger partial charge >= 0.3 is 0 Å². The average molecular weight is 167 g/mol. The Morgan fingerprint density at radius 2 is 2.17 bits per heavy atom. The number of anilines is 1. The molecule has 66 valence electrons. The molecule has 0 aromatic carbocycles. The highest BCUT2D eigenvalue weighted by Gasteiger charge is 2.13. The Morgan fingerprint density at radius 3 is 2.42 bits per heavy atom. The van der Waals surface area contributed by atoms with Crippen LogP contribution in [0.1, 0.15) is 36.1 Å². The zero-order valence-electron chi connectivity index (χ0n) is 7.53. The van der Waals surface area contributed by atoms with Crippen molar-refractivity contribution in [1.82, 2.24) is 9.55 Å². The van der Waals surface area contributed by atoms with Gasteiger partial charge in [-0.25, -0.2) is 4.98 Å². The summed E-state index contributed by atoms with van der Waals surface area (Å²) in [5, 5.41) is 0. The lowest BCUT2D eigenvalue weighted by atomic mass is 10.1. The summed E-state index contributed by atoms with van der Waals surface area (Å²) < 4.78 is 1.60. The fraction of sp³-hybridized carbons (Fsp3) is 0.500. The molecule has 1 aromatic heterocycles. The van der Waals surface area contributed by atoms with Crippen molar-refractivity contribution in [3.05, 3.63) is 11.5 Å². The number of nitrogen functional groups attached to an aromatic ring is 1. The van der Waals surface area contributed by atoms with Gasteiger partial charge in [0.15, 0.2) is 12.1 Å². The topological polar surface area (TPSA) is 60.9 Å². The van der Waals surface area contributed by atoms with Crippen LogP contribution in [0.4, 0.5) is 5.82 Å². The zero-order valence-corrected chi connectivity index (χ0v) is 7.53. The maximum absolute atomic E-state index is 10.5. The third kappa shape index (κ3) is 1.20. The summed E-state index contributed by atoms with van der Waals surface area (Å²) in [7, 11) is 1.73. The minimum absolute atomic E-state index is 0.255. The van der Waals surface area contributed by atoms with Gasteiger partial charge in [-0.3, -0.25) is 4.79 Å². The van der Waals surface area contributed by atoms with Gasteiger partial charge in [0, 0.05) is 7.05 Å². The number of nitrogens with zero attached hydrogens (tertiary/aromatic N) is 2. The molecular formula is C8H13N3O. The SMILES string of the molecule is CC(C)c1nc(C=O)n(C)c1N. The molecule has 12 heavy (non-hydrogen) atoms. The van der Waals surface area contributed by atoms with E-state index in [4.69, 9.17) is 5.73 Å². The molecule has 0 atom stereocenters. The van der Waals surface area contributed by atoms with E-state index in [0.717, 1.165) is 5.69 Å². The van der Waals surface area contributed by atoms with Crippen molar-refractivity contribution < 1.29 is 4.79 Å². The van der Waals surface area contributed by atoms with Gasteiger partial charge in [0.25, 0.3) is 0 Å². The molecule has 0 saturated carbocycles. The summed E-state index contributed by atoms with van der Waals surface area (Å²) >= 11 is 0. The van der Waals surface area contributed by atoms with E-state index >= 15 is 0 Å². The monoisotopic (exact) mass is 167 g/mol. The van der Waals surface area contributed by atoms with Crippen molar-refractivity contribution in [2.45, 2.75) is 19.8 Å². The molecule has 0 saturated heterocycles. The highest BCUT2D eigenvalue weighted by atomic mass is 16.1. The molecule has 1 rings (SSSR count). The van der Waals surface area contributed by atoms with Gasteiger partial charge in [0.05, 0.1) is 5.69 Å². The Kier molecular flexibility index (Phi) is 2.17. The number of carbonyl (C=O) groups excluding carboxylic acids is 1. The number of imidazole rings is 1. The van der Waals surface area contributed by atoms with Crippen LogP contribution in [0, 0.1) is 0 Å². The first kappa shape index (κ1) is 8.77. The quantitative estimate of drug-likeness (QED) is 0.667. The first-order valence-corrected chi connectivity index (χ1v) is 3.85. The molecule has 0 unspecified atom stereocenters. The molecule has 0 amide bonds. The fourth-order valence-corrected chi connectivity index (χ4v) is 1.08. The normalized spacial score (nSPS) is 10.7. The van der Waals surface area contributed by atoms with Crippen LogP contribution in [0.2, 0.25) is 0 Å². The largest absolute Gasteiger partial charge is 0.384 e. The van der Waals surface area contributed by atoms with Crippen LogP contribution in [0.5, 0.6) is 0 Å². The number of rotatable bonds is 2. The summed E-state index contributed by atoms with van der Waals surface area (Å²) in [6.45, 7) is 3.99. The van der Waals surface area contributed by atoms with E-state index in [1.54, 1.807) is 11.6 Å². The second-order valence-electron chi connectivity index (χ2n) is 3.07. The standard InChI is InChI=1S/C8H13N3O/c1-5(2)7-8(9)11(3)6(4-12)10-7/h4-5H,9H2,1-3H3. The molecule has 0 aliphatic carbocycles. The summed E-state index contributed by atoms with van der Waals surface area (Å²) in [5.74, 6) is 1.22. The molecule has 0 radical (unpaired) electrons.